The summed E-state index contributed by atoms with van der Waals surface area (Å²) in [4.78, 5) is 15.0. The minimum atomic E-state index is -0.748. The van der Waals surface area contributed by atoms with Gasteiger partial charge in [-0.05, 0) is 38.8 Å². The number of nitrogens with zero attached hydrogens (tertiary/aromatic N) is 2. The van der Waals surface area contributed by atoms with Crippen LogP contribution in [0.3, 0.4) is 0 Å². The molecule has 0 aliphatic rings. The average Bonchev–Trinajstić information content (AvgIpc) is 2.86. The second kappa shape index (κ2) is 5.35. The van der Waals surface area contributed by atoms with E-state index in [0.717, 1.165) is 17.2 Å². The van der Waals surface area contributed by atoms with E-state index in [0.29, 0.717) is 6.42 Å². The van der Waals surface area contributed by atoms with Crippen molar-refractivity contribution >= 4 is 17.3 Å². The van der Waals surface area contributed by atoms with Gasteiger partial charge in [0, 0.05) is 23.2 Å². The lowest BCUT2D eigenvalue weighted by atomic mass is 10.2. The van der Waals surface area contributed by atoms with E-state index in [1.165, 1.54) is 11.4 Å². The predicted octanol–water partition coefficient (Wildman–Crippen LogP) is 2.96. The average molecular weight is 264 g/mol. The largest absolute Gasteiger partial charge is 0.481 e. The van der Waals surface area contributed by atoms with E-state index in [1.54, 1.807) is 11.3 Å². The Hall–Kier alpha value is -1.62. The number of aryl methyl sites for hydroxylation is 3. The molecular formula is C13H16N2O2S. The van der Waals surface area contributed by atoms with Crippen LogP contribution in [0.2, 0.25) is 0 Å². The summed E-state index contributed by atoms with van der Waals surface area (Å²) in [6.45, 7) is 4.11. The van der Waals surface area contributed by atoms with Gasteiger partial charge in [-0.25, -0.2) is 4.98 Å². The lowest BCUT2D eigenvalue weighted by Crippen LogP contribution is -1.99. The monoisotopic (exact) mass is 264 g/mol. The zero-order valence-corrected chi connectivity index (χ0v) is 11.3. The van der Waals surface area contributed by atoms with Crippen LogP contribution in [0.4, 0.5) is 0 Å². The van der Waals surface area contributed by atoms with Gasteiger partial charge in [-0.3, -0.25) is 9.36 Å². The van der Waals surface area contributed by atoms with Crippen molar-refractivity contribution in [3.8, 4) is 5.13 Å². The third kappa shape index (κ3) is 2.79. The van der Waals surface area contributed by atoms with Crippen LogP contribution in [0.25, 0.3) is 5.13 Å². The lowest BCUT2D eigenvalue weighted by molar-refractivity contribution is -0.137. The Morgan fingerprint density at radius 1 is 1.39 bits per heavy atom. The first-order chi connectivity index (χ1) is 8.58. The maximum atomic E-state index is 10.4. The molecule has 2 aromatic heterocycles. The van der Waals surface area contributed by atoms with Crippen LogP contribution >= 0.6 is 11.3 Å². The summed E-state index contributed by atoms with van der Waals surface area (Å²) in [5.74, 6) is -0.748. The van der Waals surface area contributed by atoms with Crippen molar-refractivity contribution in [2.45, 2.75) is 33.1 Å². The maximum Gasteiger partial charge on any atom is 0.303 e. The Morgan fingerprint density at radius 2 is 2.06 bits per heavy atom. The van der Waals surface area contributed by atoms with E-state index in [4.69, 9.17) is 5.11 Å². The smallest absolute Gasteiger partial charge is 0.303 e. The van der Waals surface area contributed by atoms with Gasteiger partial charge in [0.25, 0.3) is 0 Å². The molecular weight excluding hydrogens is 248 g/mol. The Bertz CT molecular complexity index is 538. The van der Waals surface area contributed by atoms with Crippen molar-refractivity contribution in [3.05, 3.63) is 34.6 Å². The first-order valence-corrected chi connectivity index (χ1v) is 6.77. The minimum absolute atomic E-state index is 0.203. The van der Waals surface area contributed by atoms with Crippen molar-refractivity contribution in [1.29, 1.82) is 0 Å². The van der Waals surface area contributed by atoms with Crippen molar-refractivity contribution in [3.63, 3.8) is 0 Å². The molecule has 0 bridgehead atoms. The van der Waals surface area contributed by atoms with E-state index in [-0.39, 0.29) is 6.42 Å². The Labute approximate surface area is 110 Å². The molecule has 0 aliphatic carbocycles. The Balaban J connectivity index is 2.09. The number of carbonyl (C=O) groups is 1. The van der Waals surface area contributed by atoms with Gasteiger partial charge in [-0.1, -0.05) is 0 Å². The molecule has 0 saturated carbocycles. The maximum absolute atomic E-state index is 10.4. The highest BCUT2D eigenvalue weighted by Crippen LogP contribution is 2.21. The highest BCUT2D eigenvalue weighted by Gasteiger charge is 2.08. The molecule has 0 amide bonds. The molecule has 0 spiro atoms. The van der Waals surface area contributed by atoms with Crippen LogP contribution in [0.15, 0.2) is 17.5 Å². The van der Waals surface area contributed by atoms with E-state index in [9.17, 15) is 4.79 Å². The molecule has 0 aromatic carbocycles. The first kappa shape index (κ1) is 12.8. The van der Waals surface area contributed by atoms with Gasteiger partial charge >= 0.3 is 5.97 Å². The number of hydrogen-bond donors (Lipinski definition) is 1. The molecule has 0 fully saturated rings. The molecule has 5 heteroatoms. The predicted molar refractivity (Wildman–Crippen MR) is 71.5 cm³/mol. The molecule has 2 heterocycles. The zero-order chi connectivity index (χ0) is 13.1. The summed E-state index contributed by atoms with van der Waals surface area (Å²) in [7, 11) is 0. The second-order valence-corrected chi connectivity index (χ2v) is 5.16. The molecule has 0 unspecified atom stereocenters. The van der Waals surface area contributed by atoms with Crippen molar-refractivity contribution in [2.75, 3.05) is 0 Å². The summed E-state index contributed by atoms with van der Waals surface area (Å²) in [5.41, 5.74) is 3.31. The summed E-state index contributed by atoms with van der Waals surface area (Å²) >= 11 is 1.60. The second-order valence-electron chi connectivity index (χ2n) is 4.32. The van der Waals surface area contributed by atoms with Crippen LogP contribution in [0.5, 0.6) is 0 Å². The molecule has 96 valence electrons. The molecule has 0 radical (unpaired) electrons. The van der Waals surface area contributed by atoms with Crippen molar-refractivity contribution in [2.24, 2.45) is 0 Å². The highest BCUT2D eigenvalue weighted by molar-refractivity contribution is 7.12. The number of aliphatic carboxylic acids is 1. The highest BCUT2D eigenvalue weighted by atomic mass is 32.1. The van der Waals surface area contributed by atoms with Gasteiger partial charge in [-0.15, -0.1) is 11.3 Å². The van der Waals surface area contributed by atoms with Crippen LogP contribution in [0.1, 0.15) is 29.9 Å². The topological polar surface area (TPSA) is 55.1 Å². The van der Waals surface area contributed by atoms with Crippen molar-refractivity contribution in [1.82, 2.24) is 9.55 Å². The summed E-state index contributed by atoms with van der Waals surface area (Å²) in [6.07, 6.45) is 1.57. The van der Waals surface area contributed by atoms with E-state index < -0.39 is 5.97 Å². The van der Waals surface area contributed by atoms with Gasteiger partial charge in [-0.2, -0.15) is 0 Å². The summed E-state index contributed by atoms with van der Waals surface area (Å²) in [6, 6.07) is 4.14. The van der Waals surface area contributed by atoms with E-state index in [2.05, 4.69) is 35.5 Å². The SMILES string of the molecule is Cc1ccc(C)n1-c1nc(CCCC(=O)O)cs1. The van der Waals surface area contributed by atoms with Crippen LogP contribution in [-0.2, 0) is 11.2 Å². The van der Waals surface area contributed by atoms with Gasteiger partial charge in [0.1, 0.15) is 0 Å². The molecule has 2 aromatic rings. The Morgan fingerprint density at radius 3 is 2.67 bits per heavy atom. The van der Waals surface area contributed by atoms with Gasteiger partial charge in [0.05, 0.1) is 5.69 Å². The molecule has 0 saturated heterocycles. The third-order valence-electron chi connectivity index (χ3n) is 2.83. The number of carboxylic acids is 1. The Kier molecular flexibility index (Phi) is 3.81. The fraction of sp³-hybridized carbons (Fsp3) is 0.385. The number of carboxylic acid groups (broad SMARTS) is 1. The molecule has 0 aliphatic heterocycles. The summed E-state index contributed by atoms with van der Waals surface area (Å²) < 4.78 is 2.12. The van der Waals surface area contributed by atoms with Gasteiger partial charge in [0.15, 0.2) is 5.13 Å². The van der Waals surface area contributed by atoms with Crippen LogP contribution < -0.4 is 0 Å². The molecule has 18 heavy (non-hydrogen) atoms. The van der Waals surface area contributed by atoms with E-state index >= 15 is 0 Å². The molecule has 2 rings (SSSR count). The minimum Gasteiger partial charge on any atom is -0.481 e. The number of hydrogen-bond acceptors (Lipinski definition) is 3. The number of rotatable bonds is 5. The zero-order valence-electron chi connectivity index (χ0n) is 10.5. The normalized spacial score (nSPS) is 10.8. The lowest BCUT2D eigenvalue weighted by Gasteiger charge is -2.03. The van der Waals surface area contributed by atoms with Gasteiger partial charge in [0.2, 0.25) is 0 Å². The van der Waals surface area contributed by atoms with E-state index in [1.807, 2.05) is 5.38 Å². The molecule has 0 atom stereocenters. The standard InChI is InChI=1S/C13H16N2O2S/c1-9-6-7-10(2)15(9)13-14-11(8-18-13)4-3-5-12(16)17/h6-8H,3-5H2,1-2H3,(H,16,17). The quantitative estimate of drug-likeness (QED) is 0.903. The number of aromatic nitrogens is 2. The first-order valence-electron chi connectivity index (χ1n) is 5.89. The third-order valence-corrected chi connectivity index (χ3v) is 3.70. The number of thiazole rings is 1. The summed E-state index contributed by atoms with van der Waals surface area (Å²) in [5, 5.41) is 11.6. The fourth-order valence-corrected chi connectivity index (χ4v) is 2.88. The molecule has 1 N–H and O–H groups in total. The van der Waals surface area contributed by atoms with Gasteiger partial charge < -0.3 is 5.11 Å². The van der Waals surface area contributed by atoms with Crippen molar-refractivity contribution < 1.29 is 9.90 Å². The fourth-order valence-electron chi connectivity index (χ4n) is 1.90. The van der Waals surface area contributed by atoms with Crippen LogP contribution in [0, 0.1) is 13.8 Å². The molecule has 4 nitrogen and oxygen atoms in total. The van der Waals surface area contributed by atoms with Crippen LogP contribution in [-0.4, -0.2) is 20.6 Å².